The SMILES string of the molecule is CC1(C)OCC2(CO1)CN(C(=O)CSC1CCCC1)C2. The van der Waals surface area contributed by atoms with Crippen LogP contribution in [-0.2, 0) is 14.3 Å². The first-order valence-corrected chi connectivity index (χ1v) is 8.70. The first-order chi connectivity index (χ1) is 9.48. The summed E-state index contributed by atoms with van der Waals surface area (Å²) in [6, 6.07) is 0. The van der Waals surface area contributed by atoms with Gasteiger partial charge in [-0.05, 0) is 26.7 Å². The van der Waals surface area contributed by atoms with E-state index in [9.17, 15) is 4.79 Å². The Hall–Kier alpha value is -0.260. The van der Waals surface area contributed by atoms with Gasteiger partial charge >= 0.3 is 0 Å². The Kier molecular flexibility index (Phi) is 4.04. The van der Waals surface area contributed by atoms with Crippen LogP contribution in [-0.4, -0.2) is 53.9 Å². The van der Waals surface area contributed by atoms with Gasteiger partial charge in [-0.25, -0.2) is 0 Å². The number of hydrogen-bond donors (Lipinski definition) is 0. The summed E-state index contributed by atoms with van der Waals surface area (Å²) in [4.78, 5) is 14.1. The Balaban J connectivity index is 1.40. The molecule has 5 heteroatoms. The molecule has 0 aromatic rings. The van der Waals surface area contributed by atoms with Gasteiger partial charge in [0.1, 0.15) is 0 Å². The second kappa shape index (κ2) is 5.50. The van der Waals surface area contributed by atoms with Gasteiger partial charge in [-0.2, -0.15) is 0 Å². The van der Waals surface area contributed by atoms with E-state index in [4.69, 9.17) is 9.47 Å². The zero-order chi connectivity index (χ0) is 14.2. The average molecular weight is 299 g/mol. The van der Waals surface area contributed by atoms with Crippen molar-refractivity contribution in [2.45, 2.75) is 50.6 Å². The van der Waals surface area contributed by atoms with Crippen LogP contribution in [0.5, 0.6) is 0 Å². The van der Waals surface area contributed by atoms with E-state index in [1.54, 1.807) is 0 Å². The van der Waals surface area contributed by atoms with E-state index in [1.165, 1.54) is 25.7 Å². The summed E-state index contributed by atoms with van der Waals surface area (Å²) < 4.78 is 11.5. The number of nitrogens with zero attached hydrogens (tertiary/aromatic N) is 1. The van der Waals surface area contributed by atoms with Crippen molar-refractivity contribution in [2.75, 3.05) is 32.1 Å². The quantitative estimate of drug-likeness (QED) is 0.801. The molecule has 4 nitrogen and oxygen atoms in total. The second-order valence-electron chi connectivity index (χ2n) is 6.94. The molecule has 20 heavy (non-hydrogen) atoms. The van der Waals surface area contributed by atoms with Crippen LogP contribution in [0.1, 0.15) is 39.5 Å². The largest absolute Gasteiger partial charge is 0.350 e. The lowest BCUT2D eigenvalue weighted by molar-refractivity contribution is -0.302. The molecule has 0 atom stereocenters. The third-order valence-corrected chi connectivity index (χ3v) is 5.96. The maximum Gasteiger partial charge on any atom is 0.232 e. The van der Waals surface area contributed by atoms with Crippen molar-refractivity contribution >= 4 is 17.7 Å². The molecular formula is C15H25NO3S. The fourth-order valence-electron chi connectivity index (χ4n) is 3.19. The molecule has 0 aromatic heterocycles. The van der Waals surface area contributed by atoms with Crippen LogP contribution in [0.15, 0.2) is 0 Å². The van der Waals surface area contributed by atoms with Crippen molar-refractivity contribution in [3.63, 3.8) is 0 Å². The van der Waals surface area contributed by atoms with Crippen molar-refractivity contribution in [1.29, 1.82) is 0 Å². The van der Waals surface area contributed by atoms with Crippen LogP contribution in [0.2, 0.25) is 0 Å². The molecule has 3 aliphatic rings. The normalized spacial score (nSPS) is 28.6. The van der Waals surface area contributed by atoms with Gasteiger partial charge in [0.05, 0.1) is 24.4 Å². The van der Waals surface area contributed by atoms with E-state index in [1.807, 2.05) is 30.5 Å². The van der Waals surface area contributed by atoms with Crippen LogP contribution >= 0.6 is 11.8 Å². The minimum Gasteiger partial charge on any atom is -0.350 e. The van der Waals surface area contributed by atoms with Crippen molar-refractivity contribution in [2.24, 2.45) is 5.41 Å². The van der Waals surface area contributed by atoms with Gasteiger partial charge in [0.2, 0.25) is 5.91 Å². The van der Waals surface area contributed by atoms with Crippen LogP contribution in [0.3, 0.4) is 0 Å². The lowest BCUT2D eigenvalue weighted by atomic mass is 9.80. The number of hydrogen-bond acceptors (Lipinski definition) is 4. The molecule has 0 bridgehead atoms. The van der Waals surface area contributed by atoms with Crippen LogP contribution < -0.4 is 0 Å². The molecular weight excluding hydrogens is 274 g/mol. The maximum atomic E-state index is 12.2. The standard InChI is InChI=1S/C15H25NO3S/c1-14(2)18-10-15(11-19-14)8-16(9-15)13(17)7-20-12-5-3-4-6-12/h12H,3-11H2,1-2H3. The zero-order valence-electron chi connectivity index (χ0n) is 12.5. The highest BCUT2D eigenvalue weighted by Gasteiger charge is 2.49. The topological polar surface area (TPSA) is 38.8 Å². The van der Waals surface area contributed by atoms with E-state index in [2.05, 4.69) is 0 Å². The molecule has 0 N–H and O–H groups in total. The van der Waals surface area contributed by atoms with Gasteiger partial charge in [-0.1, -0.05) is 12.8 Å². The minimum atomic E-state index is -0.464. The molecule has 0 aromatic carbocycles. The van der Waals surface area contributed by atoms with E-state index in [0.717, 1.165) is 18.3 Å². The second-order valence-corrected chi connectivity index (χ2v) is 8.23. The van der Waals surface area contributed by atoms with Gasteiger partial charge in [0.25, 0.3) is 0 Å². The number of thioether (sulfide) groups is 1. The minimum absolute atomic E-state index is 0.0587. The summed E-state index contributed by atoms with van der Waals surface area (Å²) in [6.45, 7) is 6.90. The Morgan fingerprint density at radius 3 is 2.40 bits per heavy atom. The Morgan fingerprint density at radius 1 is 1.20 bits per heavy atom. The molecule has 1 saturated carbocycles. The number of amides is 1. The molecule has 1 aliphatic carbocycles. The van der Waals surface area contributed by atoms with Crippen molar-refractivity contribution < 1.29 is 14.3 Å². The number of ether oxygens (including phenoxy) is 2. The lowest BCUT2D eigenvalue weighted by Gasteiger charge is -2.54. The van der Waals surface area contributed by atoms with Gasteiger partial charge in [-0.3, -0.25) is 4.79 Å². The molecule has 2 saturated heterocycles. The highest BCUT2D eigenvalue weighted by molar-refractivity contribution is 8.00. The van der Waals surface area contributed by atoms with Crippen LogP contribution in [0, 0.1) is 5.41 Å². The number of rotatable bonds is 3. The Labute approximate surface area is 125 Å². The molecule has 1 spiro atoms. The third-order valence-electron chi connectivity index (χ3n) is 4.60. The Bertz CT molecular complexity index is 361. The predicted molar refractivity (Wildman–Crippen MR) is 79.7 cm³/mol. The number of carbonyl (C=O) groups excluding carboxylic acids is 1. The predicted octanol–water partition coefficient (Wildman–Crippen LogP) is 2.27. The molecule has 2 aliphatic heterocycles. The highest BCUT2D eigenvalue weighted by Crippen LogP contribution is 2.38. The fourth-order valence-corrected chi connectivity index (χ4v) is 4.42. The molecule has 1 amide bonds. The van der Waals surface area contributed by atoms with Crippen molar-refractivity contribution in [1.82, 2.24) is 4.90 Å². The van der Waals surface area contributed by atoms with E-state index in [0.29, 0.717) is 19.0 Å². The van der Waals surface area contributed by atoms with Crippen LogP contribution in [0.25, 0.3) is 0 Å². The van der Waals surface area contributed by atoms with Crippen molar-refractivity contribution in [3.8, 4) is 0 Å². The third kappa shape index (κ3) is 3.15. The van der Waals surface area contributed by atoms with Gasteiger partial charge in [0.15, 0.2) is 5.79 Å². The average Bonchev–Trinajstić information content (AvgIpc) is 2.87. The summed E-state index contributed by atoms with van der Waals surface area (Å²) >= 11 is 1.85. The first-order valence-electron chi connectivity index (χ1n) is 7.65. The van der Waals surface area contributed by atoms with Gasteiger partial charge < -0.3 is 14.4 Å². The van der Waals surface area contributed by atoms with Crippen molar-refractivity contribution in [3.05, 3.63) is 0 Å². The molecule has 2 heterocycles. The monoisotopic (exact) mass is 299 g/mol. The summed E-state index contributed by atoms with van der Waals surface area (Å²) in [5.41, 5.74) is 0.0587. The van der Waals surface area contributed by atoms with E-state index < -0.39 is 5.79 Å². The molecule has 114 valence electrons. The first kappa shape index (κ1) is 14.7. The molecule has 3 fully saturated rings. The van der Waals surface area contributed by atoms with Crippen LogP contribution in [0.4, 0.5) is 0 Å². The fraction of sp³-hybridized carbons (Fsp3) is 0.933. The van der Waals surface area contributed by atoms with E-state index >= 15 is 0 Å². The maximum absolute atomic E-state index is 12.2. The molecule has 3 rings (SSSR count). The zero-order valence-corrected chi connectivity index (χ0v) is 13.3. The summed E-state index contributed by atoms with van der Waals surface area (Å²) in [7, 11) is 0. The van der Waals surface area contributed by atoms with Gasteiger partial charge in [-0.15, -0.1) is 11.8 Å². The number of likely N-dealkylation sites (tertiary alicyclic amines) is 1. The summed E-state index contributed by atoms with van der Waals surface area (Å²) in [6.07, 6.45) is 5.25. The number of carbonyl (C=O) groups is 1. The Morgan fingerprint density at radius 2 is 1.80 bits per heavy atom. The summed E-state index contributed by atoms with van der Waals surface area (Å²) in [5.74, 6) is 0.472. The van der Waals surface area contributed by atoms with E-state index in [-0.39, 0.29) is 11.3 Å². The summed E-state index contributed by atoms with van der Waals surface area (Å²) in [5, 5.41) is 0.719. The van der Waals surface area contributed by atoms with Gasteiger partial charge in [0, 0.05) is 18.3 Å². The lowest BCUT2D eigenvalue weighted by Crippen LogP contribution is -2.66. The molecule has 0 radical (unpaired) electrons. The highest BCUT2D eigenvalue weighted by atomic mass is 32.2. The smallest absolute Gasteiger partial charge is 0.232 e. The molecule has 0 unspecified atom stereocenters.